The molecule has 2 heterocycles. The second-order valence-corrected chi connectivity index (χ2v) is 9.84. The summed E-state index contributed by atoms with van der Waals surface area (Å²) in [6.07, 6.45) is 6.55. The second-order valence-electron chi connectivity index (χ2n) is 9.84. The number of nitriles is 1. The monoisotopic (exact) mass is 477 g/mol. The molecule has 1 unspecified atom stereocenters. The van der Waals surface area contributed by atoms with Crippen LogP contribution in [0.5, 0.6) is 0 Å². The molecule has 9 heteroatoms. The molecule has 2 aliphatic rings. The number of aliphatic hydroxyl groups is 1. The Kier molecular flexibility index (Phi) is 7.36. The molecule has 35 heavy (non-hydrogen) atoms. The number of aromatic nitrogens is 2. The molecule has 1 saturated carbocycles. The molecule has 1 atom stereocenters. The van der Waals surface area contributed by atoms with Crippen LogP contribution in [0.2, 0.25) is 0 Å². The quantitative estimate of drug-likeness (QED) is 0.563. The minimum absolute atomic E-state index is 0.0717. The first kappa shape index (κ1) is 25.0. The van der Waals surface area contributed by atoms with E-state index in [0.717, 1.165) is 32.1 Å². The van der Waals surface area contributed by atoms with E-state index >= 15 is 0 Å². The SMILES string of the molecule is CCCNC(O)CN1C(=O)N(c2cnc(C#N)nc2)C[C@]12CC[C@](c1ccccc1)(N(C)C)CC2. The van der Waals surface area contributed by atoms with E-state index in [0.29, 0.717) is 18.8 Å². The van der Waals surface area contributed by atoms with Crippen LogP contribution in [0.3, 0.4) is 0 Å². The van der Waals surface area contributed by atoms with E-state index in [-0.39, 0.29) is 23.9 Å². The number of urea groups is 1. The first-order valence-corrected chi connectivity index (χ1v) is 12.3. The molecule has 0 bridgehead atoms. The maximum absolute atomic E-state index is 13.7. The van der Waals surface area contributed by atoms with Gasteiger partial charge in [-0.1, -0.05) is 37.3 Å². The first-order valence-electron chi connectivity index (χ1n) is 12.3. The second kappa shape index (κ2) is 10.3. The molecule has 4 rings (SSSR count). The number of aliphatic hydroxyl groups excluding tert-OH is 1. The summed E-state index contributed by atoms with van der Waals surface area (Å²) in [5.41, 5.74) is 1.34. The molecule has 1 aromatic heterocycles. The molecule has 1 saturated heterocycles. The van der Waals surface area contributed by atoms with Crippen molar-refractivity contribution in [1.29, 1.82) is 5.26 Å². The number of hydrogen-bond donors (Lipinski definition) is 2. The van der Waals surface area contributed by atoms with E-state index in [1.54, 1.807) is 4.90 Å². The van der Waals surface area contributed by atoms with Gasteiger partial charge in [-0.3, -0.25) is 15.1 Å². The predicted octanol–water partition coefficient (Wildman–Crippen LogP) is 2.68. The average Bonchev–Trinajstić information content (AvgIpc) is 3.14. The fourth-order valence-electron chi connectivity index (χ4n) is 5.64. The highest BCUT2D eigenvalue weighted by molar-refractivity contribution is 5.95. The van der Waals surface area contributed by atoms with Crippen molar-refractivity contribution in [2.75, 3.05) is 38.6 Å². The highest BCUT2D eigenvalue weighted by atomic mass is 16.3. The smallest absolute Gasteiger partial charge is 0.325 e. The normalized spacial score (nSPS) is 25.3. The van der Waals surface area contributed by atoms with Crippen LogP contribution in [-0.2, 0) is 5.54 Å². The van der Waals surface area contributed by atoms with Gasteiger partial charge in [0.1, 0.15) is 12.3 Å². The molecular formula is C26H35N7O2. The van der Waals surface area contributed by atoms with Crippen LogP contribution in [0.15, 0.2) is 42.7 Å². The summed E-state index contributed by atoms with van der Waals surface area (Å²) in [7, 11) is 4.25. The van der Waals surface area contributed by atoms with Crippen molar-refractivity contribution in [2.45, 2.75) is 56.3 Å². The number of rotatable bonds is 8. The summed E-state index contributed by atoms with van der Waals surface area (Å²) in [6, 6.07) is 12.3. The van der Waals surface area contributed by atoms with Crippen LogP contribution in [0, 0.1) is 11.3 Å². The van der Waals surface area contributed by atoms with Gasteiger partial charge in [0, 0.05) is 5.54 Å². The van der Waals surface area contributed by atoms with Gasteiger partial charge in [-0.15, -0.1) is 0 Å². The highest BCUT2D eigenvalue weighted by Crippen LogP contribution is 2.49. The van der Waals surface area contributed by atoms with Crippen LogP contribution >= 0.6 is 0 Å². The molecule has 1 aromatic carbocycles. The molecule has 1 spiro atoms. The fraction of sp³-hybridized carbons (Fsp3) is 0.538. The molecule has 0 radical (unpaired) electrons. The van der Waals surface area contributed by atoms with Crippen LogP contribution in [-0.4, -0.2) is 76.4 Å². The van der Waals surface area contributed by atoms with E-state index in [1.807, 2.05) is 24.0 Å². The molecule has 2 N–H and O–H groups in total. The van der Waals surface area contributed by atoms with Gasteiger partial charge < -0.3 is 10.0 Å². The number of amides is 2. The number of benzene rings is 1. The zero-order valence-electron chi connectivity index (χ0n) is 20.8. The van der Waals surface area contributed by atoms with Gasteiger partial charge in [0.05, 0.1) is 36.7 Å². The lowest BCUT2D eigenvalue weighted by Crippen LogP contribution is -2.57. The maximum atomic E-state index is 13.7. The molecule has 2 aromatic rings. The Morgan fingerprint density at radius 3 is 2.40 bits per heavy atom. The maximum Gasteiger partial charge on any atom is 0.325 e. The molecule has 2 amide bonds. The van der Waals surface area contributed by atoms with E-state index in [1.165, 1.54) is 18.0 Å². The topological polar surface area (TPSA) is 109 Å². The standard InChI is InChI=1S/C26H35N7O2/c1-4-14-28-23(34)18-33-24(35)32(21-16-29-22(15-27)30-17-21)19-25(33)10-12-26(13-11-25,31(2)3)20-8-6-5-7-9-20/h5-9,16-17,23,28,34H,4,10-14,18-19H2,1-3H3/t23?,25-,26+. The van der Waals surface area contributed by atoms with Crippen molar-refractivity contribution in [2.24, 2.45) is 0 Å². The third kappa shape index (κ3) is 4.74. The van der Waals surface area contributed by atoms with Gasteiger partial charge in [-0.2, -0.15) is 5.26 Å². The van der Waals surface area contributed by atoms with Crippen molar-refractivity contribution < 1.29 is 9.90 Å². The van der Waals surface area contributed by atoms with Crippen LogP contribution in [0.1, 0.15) is 50.4 Å². The fourth-order valence-corrected chi connectivity index (χ4v) is 5.64. The lowest BCUT2D eigenvalue weighted by Gasteiger charge is -2.51. The molecule has 1 aliphatic carbocycles. The Bertz CT molecular complexity index is 1040. The summed E-state index contributed by atoms with van der Waals surface area (Å²) in [5, 5.41) is 22.8. The van der Waals surface area contributed by atoms with Crippen molar-refractivity contribution in [3.8, 4) is 6.07 Å². The van der Waals surface area contributed by atoms with Gasteiger partial charge in [-0.05, 0) is 58.3 Å². The third-order valence-corrected chi connectivity index (χ3v) is 7.70. The number of nitrogens with zero attached hydrogens (tertiary/aromatic N) is 6. The first-order chi connectivity index (χ1) is 16.8. The summed E-state index contributed by atoms with van der Waals surface area (Å²) < 4.78 is 0. The Hall–Kier alpha value is -3.06. The van der Waals surface area contributed by atoms with Crippen LogP contribution in [0.25, 0.3) is 0 Å². The molecular weight excluding hydrogens is 442 g/mol. The summed E-state index contributed by atoms with van der Waals surface area (Å²) in [4.78, 5) is 27.7. The average molecular weight is 478 g/mol. The molecule has 9 nitrogen and oxygen atoms in total. The molecule has 2 fully saturated rings. The van der Waals surface area contributed by atoms with Crippen molar-refractivity contribution in [3.05, 3.63) is 54.1 Å². The van der Waals surface area contributed by atoms with Crippen molar-refractivity contribution >= 4 is 11.7 Å². The van der Waals surface area contributed by atoms with E-state index in [4.69, 9.17) is 5.26 Å². The lowest BCUT2D eigenvalue weighted by atomic mass is 9.68. The lowest BCUT2D eigenvalue weighted by molar-refractivity contribution is 0.00535. The zero-order valence-corrected chi connectivity index (χ0v) is 20.8. The van der Waals surface area contributed by atoms with Crippen LogP contribution in [0.4, 0.5) is 10.5 Å². The molecule has 186 valence electrons. The largest absolute Gasteiger partial charge is 0.377 e. The number of carbonyl (C=O) groups excluding carboxylic acids is 1. The Balaban J connectivity index is 1.63. The van der Waals surface area contributed by atoms with Gasteiger partial charge in [-0.25, -0.2) is 14.8 Å². The highest BCUT2D eigenvalue weighted by Gasteiger charge is 2.55. The minimum atomic E-state index is -0.803. The number of anilines is 1. The third-order valence-electron chi connectivity index (χ3n) is 7.70. The number of β-amino-alcohol motifs (C(OH)–C–C–N with tert-alkyl or cyclic N) is 1. The van der Waals surface area contributed by atoms with Crippen LogP contribution < -0.4 is 10.2 Å². The van der Waals surface area contributed by atoms with Crippen molar-refractivity contribution in [3.63, 3.8) is 0 Å². The van der Waals surface area contributed by atoms with E-state index in [9.17, 15) is 9.90 Å². The minimum Gasteiger partial charge on any atom is -0.377 e. The summed E-state index contributed by atoms with van der Waals surface area (Å²) in [6.45, 7) is 3.44. The predicted molar refractivity (Wildman–Crippen MR) is 134 cm³/mol. The van der Waals surface area contributed by atoms with Gasteiger partial charge in [0.25, 0.3) is 0 Å². The van der Waals surface area contributed by atoms with E-state index in [2.05, 4.69) is 58.5 Å². The number of nitrogens with one attached hydrogen (secondary N) is 1. The zero-order chi connectivity index (χ0) is 25.1. The number of carbonyl (C=O) groups is 1. The Labute approximate surface area is 207 Å². The van der Waals surface area contributed by atoms with Crippen molar-refractivity contribution in [1.82, 2.24) is 25.1 Å². The van der Waals surface area contributed by atoms with Gasteiger partial charge in [0.2, 0.25) is 5.82 Å². The Morgan fingerprint density at radius 2 is 1.83 bits per heavy atom. The Morgan fingerprint density at radius 1 is 1.17 bits per heavy atom. The summed E-state index contributed by atoms with van der Waals surface area (Å²) in [5.74, 6) is 0.0717. The van der Waals surface area contributed by atoms with Gasteiger partial charge >= 0.3 is 6.03 Å². The van der Waals surface area contributed by atoms with Gasteiger partial charge in [0.15, 0.2) is 0 Å². The molecule has 1 aliphatic heterocycles. The number of hydrogen-bond acceptors (Lipinski definition) is 7. The summed E-state index contributed by atoms with van der Waals surface area (Å²) >= 11 is 0. The van der Waals surface area contributed by atoms with E-state index < -0.39 is 11.8 Å².